The van der Waals surface area contributed by atoms with Crippen molar-refractivity contribution in [2.75, 3.05) is 33.0 Å². The van der Waals surface area contributed by atoms with Crippen LogP contribution in [-0.2, 0) is 14.8 Å². The molecule has 0 aliphatic heterocycles. The van der Waals surface area contributed by atoms with E-state index in [1.807, 2.05) is 0 Å². The Bertz CT molecular complexity index is 490. The van der Waals surface area contributed by atoms with E-state index in [4.69, 9.17) is 10.5 Å². The van der Waals surface area contributed by atoms with Gasteiger partial charge in [0.1, 0.15) is 10.7 Å². The maximum absolute atomic E-state index is 13.5. The zero-order valence-electron chi connectivity index (χ0n) is 9.68. The molecule has 0 aliphatic rings. The lowest BCUT2D eigenvalue weighted by atomic mass is 10.3. The minimum absolute atomic E-state index is 0.155. The summed E-state index contributed by atoms with van der Waals surface area (Å²) < 4.78 is 43.2. The number of nitrogens with zero attached hydrogens (tertiary/aromatic N) is 1. The lowest BCUT2D eigenvalue weighted by Crippen LogP contribution is -2.30. The van der Waals surface area contributed by atoms with Crippen LogP contribution >= 0.6 is 0 Å². The van der Waals surface area contributed by atoms with Crippen LogP contribution in [0.5, 0.6) is 0 Å². The summed E-state index contributed by atoms with van der Waals surface area (Å²) in [6, 6.07) is 3.49. The highest BCUT2D eigenvalue weighted by Crippen LogP contribution is 2.20. The number of benzene rings is 1. The Labute approximate surface area is 100 Å². The fourth-order valence-electron chi connectivity index (χ4n) is 1.23. The van der Waals surface area contributed by atoms with Gasteiger partial charge in [-0.15, -0.1) is 0 Å². The fourth-order valence-corrected chi connectivity index (χ4v) is 2.43. The lowest BCUT2D eigenvalue weighted by Gasteiger charge is -2.17. The Morgan fingerprint density at radius 1 is 1.47 bits per heavy atom. The van der Waals surface area contributed by atoms with Crippen LogP contribution in [0, 0.1) is 5.82 Å². The van der Waals surface area contributed by atoms with Crippen molar-refractivity contribution in [2.45, 2.75) is 4.90 Å². The predicted octanol–water partition coefficient (Wildman–Crippen LogP) is 0.675. The summed E-state index contributed by atoms with van der Waals surface area (Å²) in [5.74, 6) is -0.853. The second-order valence-corrected chi connectivity index (χ2v) is 5.52. The predicted molar refractivity (Wildman–Crippen MR) is 62.5 cm³/mol. The molecule has 0 fully saturated rings. The molecule has 7 heteroatoms. The van der Waals surface area contributed by atoms with Crippen molar-refractivity contribution in [1.29, 1.82) is 0 Å². The number of anilines is 1. The number of nitrogen functional groups attached to an aromatic ring is 1. The topological polar surface area (TPSA) is 72.6 Å². The summed E-state index contributed by atoms with van der Waals surface area (Å²) in [6.45, 7) is 0.398. The molecule has 5 nitrogen and oxygen atoms in total. The van der Waals surface area contributed by atoms with Gasteiger partial charge in [-0.3, -0.25) is 0 Å². The minimum Gasteiger partial charge on any atom is -0.399 e. The smallest absolute Gasteiger partial charge is 0.245 e. The van der Waals surface area contributed by atoms with Gasteiger partial charge in [0.25, 0.3) is 0 Å². The van der Waals surface area contributed by atoms with Crippen LogP contribution in [0.3, 0.4) is 0 Å². The molecular weight excluding hydrogens is 247 g/mol. The zero-order chi connectivity index (χ0) is 13.1. The van der Waals surface area contributed by atoms with Gasteiger partial charge < -0.3 is 10.5 Å². The Morgan fingerprint density at radius 2 is 2.12 bits per heavy atom. The van der Waals surface area contributed by atoms with E-state index >= 15 is 0 Å². The standard InChI is InChI=1S/C10H15FN2O3S/c1-13(5-6-16-2)17(14,15)10-4-3-8(12)7-9(10)11/h3-4,7H,5-6,12H2,1-2H3. The molecule has 0 saturated carbocycles. The maximum atomic E-state index is 13.5. The van der Waals surface area contributed by atoms with Crippen molar-refractivity contribution in [3.05, 3.63) is 24.0 Å². The van der Waals surface area contributed by atoms with Gasteiger partial charge in [0.05, 0.1) is 6.61 Å². The molecule has 17 heavy (non-hydrogen) atoms. The molecule has 0 amide bonds. The first-order valence-corrected chi connectivity index (χ1v) is 6.34. The molecular formula is C10H15FN2O3S. The molecule has 1 aromatic carbocycles. The summed E-state index contributed by atoms with van der Waals surface area (Å²) in [7, 11) is -1.01. The third-order valence-electron chi connectivity index (χ3n) is 2.25. The van der Waals surface area contributed by atoms with Crippen molar-refractivity contribution in [3.8, 4) is 0 Å². The van der Waals surface area contributed by atoms with Crippen molar-refractivity contribution in [2.24, 2.45) is 0 Å². The molecule has 0 bridgehead atoms. The second-order valence-electron chi connectivity index (χ2n) is 3.51. The normalized spacial score (nSPS) is 12.0. The number of likely N-dealkylation sites (N-methyl/N-ethyl adjacent to an activating group) is 1. The largest absolute Gasteiger partial charge is 0.399 e. The van der Waals surface area contributed by atoms with Crippen molar-refractivity contribution >= 4 is 15.7 Å². The molecule has 0 saturated heterocycles. The van der Waals surface area contributed by atoms with Gasteiger partial charge >= 0.3 is 0 Å². The van der Waals surface area contributed by atoms with E-state index in [-0.39, 0.29) is 23.7 Å². The van der Waals surface area contributed by atoms with Crippen LogP contribution in [0.15, 0.2) is 23.1 Å². The average Bonchev–Trinajstić information content (AvgIpc) is 2.25. The van der Waals surface area contributed by atoms with E-state index in [9.17, 15) is 12.8 Å². The Morgan fingerprint density at radius 3 is 2.65 bits per heavy atom. The van der Waals surface area contributed by atoms with Crippen LogP contribution in [0.25, 0.3) is 0 Å². The number of hydrogen-bond acceptors (Lipinski definition) is 4. The monoisotopic (exact) mass is 262 g/mol. The summed E-state index contributed by atoms with van der Waals surface area (Å²) in [6.07, 6.45) is 0. The first-order chi connectivity index (χ1) is 7.89. The SMILES string of the molecule is COCCN(C)S(=O)(=O)c1ccc(N)cc1F. The number of methoxy groups -OCH3 is 1. The van der Waals surface area contributed by atoms with Crippen LogP contribution in [-0.4, -0.2) is 40.0 Å². The second kappa shape index (κ2) is 5.44. The lowest BCUT2D eigenvalue weighted by molar-refractivity contribution is 0.185. The van der Waals surface area contributed by atoms with E-state index < -0.39 is 15.8 Å². The summed E-state index contributed by atoms with van der Waals surface area (Å²) in [5, 5.41) is 0. The molecule has 0 aromatic heterocycles. The number of sulfonamides is 1. The van der Waals surface area contributed by atoms with Gasteiger partial charge in [-0.1, -0.05) is 0 Å². The Kier molecular flexibility index (Phi) is 4.44. The fraction of sp³-hybridized carbons (Fsp3) is 0.400. The van der Waals surface area contributed by atoms with E-state index in [2.05, 4.69) is 0 Å². The third kappa shape index (κ3) is 3.15. The number of halogens is 1. The number of ether oxygens (including phenoxy) is 1. The Balaban J connectivity index is 3.04. The molecule has 0 atom stereocenters. The number of hydrogen-bond donors (Lipinski definition) is 1. The Hall–Kier alpha value is -1.18. The maximum Gasteiger partial charge on any atom is 0.245 e. The average molecular weight is 262 g/mol. The highest BCUT2D eigenvalue weighted by molar-refractivity contribution is 7.89. The van der Waals surface area contributed by atoms with E-state index in [1.54, 1.807) is 0 Å². The first-order valence-electron chi connectivity index (χ1n) is 4.90. The van der Waals surface area contributed by atoms with Crippen molar-refractivity contribution in [1.82, 2.24) is 4.31 Å². The molecule has 0 aliphatic carbocycles. The third-order valence-corrected chi connectivity index (χ3v) is 4.14. The molecule has 1 rings (SSSR count). The first kappa shape index (κ1) is 13.9. The highest BCUT2D eigenvalue weighted by Gasteiger charge is 2.24. The van der Waals surface area contributed by atoms with Crippen LogP contribution in [0.2, 0.25) is 0 Å². The van der Waals surface area contributed by atoms with Gasteiger partial charge in [-0.2, -0.15) is 4.31 Å². The van der Waals surface area contributed by atoms with E-state index in [0.29, 0.717) is 0 Å². The highest BCUT2D eigenvalue weighted by atomic mass is 32.2. The zero-order valence-corrected chi connectivity index (χ0v) is 10.5. The summed E-state index contributed by atoms with van der Waals surface area (Å²) >= 11 is 0. The number of rotatable bonds is 5. The molecule has 0 spiro atoms. The van der Waals surface area contributed by atoms with Gasteiger partial charge in [0.2, 0.25) is 10.0 Å². The quantitative estimate of drug-likeness (QED) is 0.792. The molecule has 0 unspecified atom stereocenters. The van der Waals surface area contributed by atoms with Gasteiger partial charge in [0, 0.05) is 26.4 Å². The molecule has 96 valence electrons. The van der Waals surface area contributed by atoms with Gasteiger partial charge in [-0.25, -0.2) is 12.8 Å². The summed E-state index contributed by atoms with van der Waals surface area (Å²) in [4.78, 5) is -0.384. The van der Waals surface area contributed by atoms with Crippen LogP contribution in [0.4, 0.5) is 10.1 Å². The molecule has 0 heterocycles. The van der Waals surface area contributed by atoms with Crippen molar-refractivity contribution < 1.29 is 17.5 Å². The molecule has 1 aromatic rings. The van der Waals surface area contributed by atoms with Gasteiger partial charge in [0.15, 0.2) is 0 Å². The van der Waals surface area contributed by atoms with Crippen LogP contribution < -0.4 is 5.73 Å². The minimum atomic E-state index is -3.84. The molecule has 0 radical (unpaired) electrons. The van der Waals surface area contributed by atoms with Crippen LogP contribution in [0.1, 0.15) is 0 Å². The van der Waals surface area contributed by atoms with Crippen molar-refractivity contribution in [3.63, 3.8) is 0 Å². The summed E-state index contributed by atoms with van der Waals surface area (Å²) in [5.41, 5.74) is 5.54. The van der Waals surface area contributed by atoms with Gasteiger partial charge in [-0.05, 0) is 18.2 Å². The van der Waals surface area contributed by atoms with E-state index in [0.717, 1.165) is 16.4 Å². The molecule has 2 N–H and O–H groups in total. The van der Waals surface area contributed by atoms with E-state index in [1.165, 1.54) is 20.2 Å². The number of nitrogens with two attached hydrogens (primary N) is 1.